The Hall–Kier alpha value is -4.03. The fourth-order valence-corrected chi connectivity index (χ4v) is 4.52. The molecule has 162 valence electrons. The molecule has 0 aliphatic heterocycles. The molecule has 2 heterocycles. The average molecular weight is 451 g/mol. The number of anilines is 1. The highest BCUT2D eigenvalue weighted by atomic mass is 32.1. The van der Waals surface area contributed by atoms with Crippen LogP contribution in [0.2, 0.25) is 0 Å². The number of nitrogens with one attached hydrogen (secondary N) is 1. The first-order valence-electron chi connectivity index (χ1n) is 10.7. The fraction of sp³-hybridized carbons (Fsp3) is 0.0741. The van der Waals surface area contributed by atoms with Crippen molar-refractivity contribution in [1.29, 1.82) is 0 Å². The lowest BCUT2D eigenvalue weighted by atomic mass is 10.1. The van der Waals surface area contributed by atoms with Crippen molar-refractivity contribution in [2.45, 2.75) is 13.1 Å². The van der Waals surface area contributed by atoms with Crippen LogP contribution in [-0.2, 0) is 13.1 Å². The van der Waals surface area contributed by atoms with Gasteiger partial charge in [0.1, 0.15) is 5.69 Å². The molecule has 5 nitrogen and oxygen atoms in total. The third-order valence-corrected chi connectivity index (χ3v) is 6.27. The number of aromatic nitrogens is 3. The first-order valence-corrected chi connectivity index (χ1v) is 11.5. The number of benzene rings is 3. The highest BCUT2D eigenvalue weighted by Gasteiger charge is 2.17. The zero-order valence-corrected chi connectivity index (χ0v) is 18.7. The van der Waals surface area contributed by atoms with E-state index in [9.17, 15) is 4.79 Å². The van der Waals surface area contributed by atoms with Crippen LogP contribution in [-0.4, -0.2) is 14.8 Å². The molecule has 0 saturated carbocycles. The summed E-state index contributed by atoms with van der Waals surface area (Å²) < 4.78 is 1.51. The lowest BCUT2D eigenvalue weighted by Crippen LogP contribution is -2.22. The van der Waals surface area contributed by atoms with E-state index in [0.29, 0.717) is 13.1 Å². The molecule has 0 bridgehead atoms. The average Bonchev–Trinajstić information content (AvgIpc) is 3.30. The number of nitrogens with zero attached hydrogens (tertiary/aromatic N) is 3. The Kier molecular flexibility index (Phi) is 6.08. The molecule has 0 aliphatic rings. The Morgan fingerprint density at radius 2 is 1.39 bits per heavy atom. The van der Waals surface area contributed by atoms with E-state index in [4.69, 9.17) is 10.1 Å². The predicted molar refractivity (Wildman–Crippen MR) is 134 cm³/mol. The van der Waals surface area contributed by atoms with Gasteiger partial charge in [-0.25, -0.2) is 9.67 Å². The van der Waals surface area contributed by atoms with Crippen LogP contribution < -0.4 is 10.9 Å². The lowest BCUT2D eigenvalue weighted by Gasteiger charge is -2.07. The maximum absolute atomic E-state index is 12.5. The van der Waals surface area contributed by atoms with Crippen LogP contribution in [0.4, 0.5) is 5.13 Å². The maximum atomic E-state index is 12.5. The van der Waals surface area contributed by atoms with Crippen LogP contribution in [0.3, 0.4) is 0 Å². The van der Waals surface area contributed by atoms with Crippen molar-refractivity contribution in [3.05, 3.63) is 125 Å². The first-order chi connectivity index (χ1) is 16.3. The number of thiazole rings is 1. The van der Waals surface area contributed by atoms with Gasteiger partial charge in [-0.3, -0.25) is 4.79 Å². The van der Waals surface area contributed by atoms with E-state index >= 15 is 0 Å². The summed E-state index contributed by atoms with van der Waals surface area (Å²) in [6.07, 6.45) is 0. The van der Waals surface area contributed by atoms with Gasteiger partial charge in [0.05, 0.1) is 17.1 Å². The van der Waals surface area contributed by atoms with Crippen LogP contribution in [0.1, 0.15) is 11.1 Å². The summed E-state index contributed by atoms with van der Waals surface area (Å²) in [5, 5.41) is 8.96. The van der Waals surface area contributed by atoms with E-state index < -0.39 is 0 Å². The summed E-state index contributed by atoms with van der Waals surface area (Å²) >= 11 is 1.55. The monoisotopic (exact) mass is 450 g/mol. The number of rotatable bonds is 7. The van der Waals surface area contributed by atoms with Crippen molar-refractivity contribution in [2.24, 2.45) is 0 Å². The quantitative estimate of drug-likeness (QED) is 0.346. The van der Waals surface area contributed by atoms with Crippen molar-refractivity contribution in [3.8, 4) is 21.8 Å². The summed E-state index contributed by atoms with van der Waals surface area (Å²) in [5.41, 5.74) is 4.69. The smallest absolute Gasteiger partial charge is 0.267 e. The molecular formula is C27H22N4OS. The van der Waals surface area contributed by atoms with Gasteiger partial charge in [0.25, 0.3) is 5.56 Å². The third-order valence-electron chi connectivity index (χ3n) is 5.24. The van der Waals surface area contributed by atoms with Crippen molar-refractivity contribution in [1.82, 2.24) is 14.8 Å². The van der Waals surface area contributed by atoms with Gasteiger partial charge < -0.3 is 5.32 Å². The molecule has 3 aromatic carbocycles. The SMILES string of the molecule is O=c1ccc(-c2sc(NCc3ccccc3)nc2-c2ccccc2)nn1Cc1ccccc1. The van der Waals surface area contributed by atoms with Gasteiger partial charge in [-0.2, -0.15) is 5.10 Å². The van der Waals surface area contributed by atoms with E-state index in [2.05, 4.69) is 17.4 Å². The minimum atomic E-state index is -0.129. The van der Waals surface area contributed by atoms with Crippen molar-refractivity contribution in [3.63, 3.8) is 0 Å². The first kappa shape index (κ1) is 20.8. The molecule has 5 rings (SSSR count). The largest absolute Gasteiger partial charge is 0.357 e. The van der Waals surface area contributed by atoms with E-state index in [1.54, 1.807) is 23.5 Å². The zero-order valence-electron chi connectivity index (χ0n) is 17.9. The Labute approximate surface area is 196 Å². The number of hydrogen-bond acceptors (Lipinski definition) is 5. The van der Waals surface area contributed by atoms with Crippen LogP contribution in [0, 0.1) is 0 Å². The summed E-state index contributed by atoms with van der Waals surface area (Å²) in [4.78, 5) is 18.3. The van der Waals surface area contributed by atoms with Gasteiger partial charge in [-0.1, -0.05) is 102 Å². The maximum Gasteiger partial charge on any atom is 0.267 e. The van der Waals surface area contributed by atoms with Crippen LogP contribution >= 0.6 is 11.3 Å². The molecule has 6 heteroatoms. The highest BCUT2D eigenvalue weighted by Crippen LogP contribution is 2.38. The summed E-state index contributed by atoms with van der Waals surface area (Å²) in [5.74, 6) is 0. The Morgan fingerprint density at radius 3 is 2.09 bits per heavy atom. The van der Waals surface area contributed by atoms with E-state index in [-0.39, 0.29) is 5.56 Å². The van der Waals surface area contributed by atoms with Gasteiger partial charge in [-0.05, 0) is 17.2 Å². The molecule has 2 aromatic heterocycles. The normalized spacial score (nSPS) is 10.8. The summed E-state index contributed by atoms with van der Waals surface area (Å²) in [7, 11) is 0. The van der Waals surface area contributed by atoms with Crippen LogP contribution in [0.15, 0.2) is 108 Å². The molecule has 0 radical (unpaired) electrons. The lowest BCUT2D eigenvalue weighted by molar-refractivity contribution is 0.643. The van der Waals surface area contributed by atoms with Crippen molar-refractivity contribution >= 4 is 16.5 Å². The molecule has 0 saturated heterocycles. The molecule has 33 heavy (non-hydrogen) atoms. The molecule has 1 N–H and O–H groups in total. The second-order valence-electron chi connectivity index (χ2n) is 7.60. The Morgan fingerprint density at radius 1 is 0.758 bits per heavy atom. The van der Waals surface area contributed by atoms with E-state index in [1.165, 1.54) is 10.2 Å². The predicted octanol–water partition coefficient (Wildman–Crippen LogP) is 5.69. The minimum Gasteiger partial charge on any atom is -0.357 e. The summed E-state index contributed by atoms with van der Waals surface area (Å²) in [6, 6.07) is 33.5. The molecular weight excluding hydrogens is 428 g/mol. The molecule has 0 fully saturated rings. The molecule has 5 aromatic rings. The van der Waals surface area contributed by atoms with Gasteiger partial charge in [-0.15, -0.1) is 0 Å². The third kappa shape index (κ3) is 4.91. The molecule has 0 aliphatic carbocycles. The topological polar surface area (TPSA) is 59.8 Å². The molecule has 0 unspecified atom stereocenters. The molecule has 0 spiro atoms. The van der Waals surface area contributed by atoms with Gasteiger partial charge in [0.15, 0.2) is 5.13 Å². The number of hydrogen-bond donors (Lipinski definition) is 1. The van der Waals surface area contributed by atoms with Crippen LogP contribution in [0.25, 0.3) is 21.8 Å². The van der Waals surface area contributed by atoms with Gasteiger partial charge >= 0.3 is 0 Å². The van der Waals surface area contributed by atoms with E-state index in [1.807, 2.05) is 78.9 Å². The Balaban J connectivity index is 1.51. The minimum absolute atomic E-state index is 0.129. The Bertz CT molecular complexity index is 1400. The second kappa shape index (κ2) is 9.63. The molecule has 0 atom stereocenters. The van der Waals surface area contributed by atoms with Gasteiger partial charge in [0.2, 0.25) is 0 Å². The van der Waals surface area contributed by atoms with Crippen molar-refractivity contribution in [2.75, 3.05) is 5.32 Å². The van der Waals surface area contributed by atoms with Crippen molar-refractivity contribution < 1.29 is 0 Å². The van der Waals surface area contributed by atoms with E-state index in [0.717, 1.165) is 32.5 Å². The highest BCUT2D eigenvalue weighted by molar-refractivity contribution is 7.19. The zero-order chi connectivity index (χ0) is 22.5. The standard InChI is InChI=1S/C27H22N4OS/c32-24-17-16-23(30-31(24)19-21-12-6-2-7-13-21)26-25(22-14-8-3-9-15-22)29-27(33-26)28-18-20-10-4-1-5-11-20/h1-17H,18-19H2,(H,28,29). The van der Waals surface area contributed by atoms with Crippen LogP contribution in [0.5, 0.6) is 0 Å². The molecule has 0 amide bonds. The van der Waals surface area contributed by atoms with Gasteiger partial charge in [0, 0.05) is 18.2 Å². The fourth-order valence-electron chi connectivity index (χ4n) is 3.57. The second-order valence-corrected chi connectivity index (χ2v) is 8.60. The summed E-state index contributed by atoms with van der Waals surface area (Å²) in [6.45, 7) is 1.11.